The Balaban J connectivity index is 2.23. The van der Waals surface area contributed by atoms with Crippen LogP contribution in [0, 0.1) is 11.3 Å². The van der Waals surface area contributed by atoms with Crippen LogP contribution in [-0.2, 0) is 0 Å². The zero-order chi connectivity index (χ0) is 12.1. The highest BCUT2D eigenvalue weighted by atomic mass is 16.4. The van der Waals surface area contributed by atoms with E-state index in [1.807, 2.05) is 42.5 Å². The van der Waals surface area contributed by atoms with Crippen molar-refractivity contribution in [3.05, 3.63) is 47.5 Å². The average molecular weight is 225 g/mol. The van der Waals surface area contributed by atoms with E-state index in [4.69, 9.17) is 9.68 Å². The van der Waals surface area contributed by atoms with Crippen LogP contribution in [-0.4, -0.2) is 12.0 Å². The van der Waals surface area contributed by atoms with E-state index in [1.54, 1.807) is 13.1 Å². The lowest BCUT2D eigenvalue weighted by molar-refractivity contribution is 0.561. The highest BCUT2D eigenvalue weighted by molar-refractivity contribution is 5.67. The monoisotopic (exact) mass is 225 g/mol. The van der Waals surface area contributed by atoms with Gasteiger partial charge in [-0.25, -0.2) is 0 Å². The van der Waals surface area contributed by atoms with Crippen LogP contribution in [0.5, 0.6) is 0 Å². The minimum Gasteiger partial charge on any atom is -0.420 e. The predicted molar refractivity (Wildman–Crippen MR) is 66.1 cm³/mol. The molecular formula is C13H11N3O. The molecule has 0 amide bonds. The van der Waals surface area contributed by atoms with Gasteiger partial charge in [-0.3, -0.25) is 0 Å². The van der Waals surface area contributed by atoms with Gasteiger partial charge in [-0.1, -0.05) is 30.3 Å². The standard InChI is InChI=1S/C13H11N3O/c1-15-13-11(9-14)16-12(17-13)8-7-10-5-3-2-4-6-10/h2-8,15H,1H3/b8-7+. The minimum absolute atomic E-state index is 0.264. The summed E-state index contributed by atoms with van der Waals surface area (Å²) in [4.78, 5) is 4.04. The molecule has 1 N–H and O–H groups in total. The van der Waals surface area contributed by atoms with Gasteiger partial charge in [0.25, 0.3) is 0 Å². The molecule has 0 bridgehead atoms. The van der Waals surface area contributed by atoms with Crippen molar-refractivity contribution < 1.29 is 4.42 Å². The number of oxazole rings is 1. The molecule has 0 atom stereocenters. The lowest BCUT2D eigenvalue weighted by Crippen LogP contribution is -1.87. The zero-order valence-electron chi connectivity index (χ0n) is 9.34. The SMILES string of the molecule is CNc1oc(/C=C/c2ccccc2)nc1C#N. The van der Waals surface area contributed by atoms with Crippen LogP contribution >= 0.6 is 0 Å². The molecular weight excluding hydrogens is 214 g/mol. The van der Waals surface area contributed by atoms with Gasteiger partial charge in [0.2, 0.25) is 17.5 Å². The Morgan fingerprint density at radius 1 is 1.29 bits per heavy atom. The van der Waals surface area contributed by atoms with Gasteiger partial charge >= 0.3 is 0 Å². The molecule has 0 aliphatic rings. The quantitative estimate of drug-likeness (QED) is 0.872. The first-order chi connectivity index (χ1) is 8.33. The maximum absolute atomic E-state index is 8.81. The Hall–Kier alpha value is -2.54. The second-order valence-corrected chi connectivity index (χ2v) is 3.34. The molecule has 0 spiro atoms. The summed E-state index contributed by atoms with van der Waals surface area (Å²) in [7, 11) is 1.69. The second-order valence-electron chi connectivity index (χ2n) is 3.34. The predicted octanol–water partition coefficient (Wildman–Crippen LogP) is 2.76. The van der Waals surface area contributed by atoms with E-state index in [1.165, 1.54) is 0 Å². The third-order valence-corrected chi connectivity index (χ3v) is 2.19. The van der Waals surface area contributed by atoms with Gasteiger partial charge in [0.05, 0.1) is 0 Å². The first kappa shape index (κ1) is 11.0. The smallest absolute Gasteiger partial charge is 0.232 e. The Kier molecular flexibility index (Phi) is 3.22. The minimum atomic E-state index is 0.264. The molecule has 17 heavy (non-hydrogen) atoms. The fourth-order valence-electron chi connectivity index (χ4n) is 1.38. The number of anilines is 1. The molecule has 1 aromatic carbocycles. The Morgan fingerprint density at radius 3 is 2.65 bits per heavy atom. The van der Waals surface area contributed by atoms with E-state index in [-0.39, 0.29) is 5.69 Å². The number of hydrogen-bond donors (Lipinski definition) is 1. The van der Waals surface area contributed by atoms with Crippen molar-refractivity contribution in [1.29, 1.82) is 5.26 Å². The van der Waals surface area contributed by atoms with Crippen molar-refractivity contribution in [2.24, 2.45) is 0 Å². The third-order valence-electron chi connectivity index (χ3n) is 2.19. The Bertz CT molecular complexity index is 564. The fourth-order valence-corrected chi connectivity index (χ4v) is 1.38. The summed E-state index contributed by atoms with van der Waals surface area (Å²) >= 11 is 0. The first-order valence-corrected chi connectivity index (χ1v) is 5.15. The normalized spacial score (nSPS) is 10.4. The number of rotatable bonds is 3. The molecule has 0 saturated heterocycles. The molecule has 4 nitrogen and oxygen atoms in total. The summed E-state index contributed by atoms with van der Waals surface area (Å²) in [6.45, 7) is 0. The van der Waals surface area contributed by atoms with Crippen molar-refractivity contribution in [3.8, 4) is 6.07 Å². The van der Waals surface area contributed by atoms with Crippen molar-refractivity contribution in [2.75, 3.05) is 12.4 Å². The van der Waals surface area contributed by atoms with Crippen LogP contribution < -0.4 is 5.32 Å². The molecule has 1 heterocycles. The van der Waals surface area contributed by atoms with Gasteiger partial charge in [-0.2, -0.15) is 10.2 Å². The molecule has 0 aliphatic heterocycles. The van der Waals surface area contributed by atoms with E-state index in [0.29, 0.717) is 11.8 Å². The maximum atomic E-state index is 8.81. The lowest BCUT2D eigenvalue weighted by atomic mass is 10.2. The van der Waals surface area contributed by atoms with Gasteiger partial charge < -0.3 is 9.73 Å². The third kappa shape index (κ3) is 2.52. The molecule has 0 fully saturated rings. The van der Waals surface area contributed by atoms with E-state index < -0.39 is 0 Å². The van der Waals surface area contributed by atoms with Gasteiger partial charge in [0.15, 0.2) is 0 Å². The molecule has 0 aliphatic carbocycles. The summed E-state index contributed by atoms with van der Waals surface area (Å²) in [6, 6.07) is 11.8. The molecule has 2 rings (SSSR count). The van der Waals surface area contributed by atoms with Crippen LogP contribution in [0.4, 0.5) is 5.88 Å². The summed E-state index contributed by atoms with van der Waals surface area (Å²) in [5, 5.41) is 11.6. The van der Waals surface area contributed by atoms with Crippen LogP contribution in [0.2, 0.25) is 0 Å². The molecule has 84 valence electrons. The van der Waals surface area contributed by atoms with E-state index in [0.717, 1.165) is 5.56 Å². The molecule has 4 heteroatoms. The van der Waals surface area contributed by atoms with Gasteiger partial charge in [-0.05, 0) is 11.6 Å². The largest absolute Gasteiger partial charge is 0.420 e. The molecule has 0 saturated carbocycles. The summed E-state index contributed by atoms with van der Waals surface area (Å²) in [5.41, 5.74) is 1.32. The first-order valence-electron chi connectivity index (χ1n) is 5.15. The van der Waals surface area contributed by atoms with E-state index in [2.05, 4.69) is 10.3 Å². The van der Waals surface area contributed by atoms with Crippen LogP contribution in [0.1, 0.15) is 17.1 Å². The number of nitrogens with one attached hydrogen (secondary N) is 1. The molecule has 2 aromatic rings. The van der Waals surface area contributed by atoms with Crippen LogP contribution in [0.15, 0.2) is 34.7 Å². The highest BCUT2D eigenvalue weighted by Gasteiger charge is 2.08. The fraction of sp³-hybridized carbons (Fsp3) is 0.0769. The molecule has 0 unspecified atom stereocenters. The summed E-state index contributed by atoms with van der Waals surface area (Å²) < 4.78 is 5.35. The Labute approximate surface area is 99.2 Å². The number of nitrogens with zero attached hydrogens (tertiary/aromatic N) is 2. The van der Waals surface area contributed by atoms with Gasteiger partial charge in [0.1, 0.15) is 6.07 Å². The van der Waals surface area contributed by atoms with Crippen LogP contribution in [0.25, 0.3) is 12.2 Å². The number of nitriles is 1. The van der Waals surface area contributed by atoms with Crippen molar-refractivity contribution in [3.63, 3.8) is 0 Å². The topological polar surface area (TPSA) is 61.9 Å². The average Bonchev–Trinajstić information content (AvgIpc) is 2.80. The van der Waals surface area contributed by atoms with Crippen molar-refractivity contribution in [1.82, 2.24) is 4.98 Å². The summed E-state index contributed by atoms with van der Waals surface area (Å²) in [5.74, 6) is 0.801. The van der Waals surface area contributed by atoms with Crippen molar-refractivity contribution >= 4 is 18.0 Å². The molecule has 0 radical (unpaired) electrons. The number of benzene rings is 1. The van der Waals surface area contributed by atoms with Gasteiger partial charge in [0, 0.05) is 13.1 Å². The highest BCUT2D eigenvalue weighted by Crippen LogP contribution is 2.17. The maximum Gasteiger partial charge on any atom is 0.232 e. The van der Waals surface area contributed by atoms with E-state index in [9.17, 15) is 0 Å². The number of hydrogen-bond acceptors (Lipinski definition) is 4. The lowest BCUT2D eigenvalue weighted by Gasteiger charge is -1.90. The van der Waals surface area contributed by atoms with E-state index >= 15 is 0 Å². The zero-order valence-corrected chi connectivity index (χ0v) is 9.34. The Morgan fingerprint density at radius 2 is 2.06 bits per heavy atom. The molecule has 1 aromatic heterocycles. The summed E-state index contributed by atoms with van der Waals surface area (Å²) in [6.07, 6.45) is 3.61. The van der Waals surface area contributed by atoms with Crippen LogP contribution in [0.3, 0.4) is 0 Å². The van der Waals surface area contributed by atoms with Crippen molar-refractivity contribution in [2.45, 2.75) is 0 Å². The second kappa shape index (κ2) is 4.99. The number of aromatic nitrogens is 1. The van der Waals surface area contributed by atoms with Gasteiger partial charge in [-0.15, -0.1) is 0 Å².